The van der Waals surface area contributed by atoms with E-state index in [1.807, 2.05) is 36.9 Å². The molecule has 0 spiro atoms. The number of rotatable bonds is 4. The molecule has 1 fully saturated rings. The Bertz CT molecular complexity index is 846. The number of benzene rings is 2. The van der Waals surface area contributed by atoms with Gasteiger partial charge in [-0.15, -0.1) is 0 Å². The molecular formula is C22H24F3NO2. The maximum absolute atomic E-state index is 13.0. The van der Waals surface area contributed by atoms with Crippen LogP contribution in [0.5, 0.6) is 0 Å². The van der Waals surface area contributed by atoms with Crippen molar-refractivity contribution in [2.75, 3.05) is 6.54 Å². The highest BCUT2D eigenvalue weighted by molar-refractivity contribution is 5.73. The summed E-state index contributed by atoms with van der Waals surface area (Å²) in [5, 5.41) is 9.74. The third-order valence-electron chi connectivity index (χ3n) is 5.44. The molecule has 1 aliphatic heterocycles. The van der Waals surface area contributed by atoms with Gasteiger partial charge in [-0.3, -0.25) is 9.69 Å². The van der Waals surface area contributed by atoms with Crippen LogP contribution in [0.4, 0.5) is 13.2 Å². The predicted octanol–water partition coefficient (Wildman–Crippen LogP) is 5.35. The quantitative estimate of drug-likeness (QED) is 0.764. The van der Waals surface area contributed by atoms with E-state index in [1.54, 1.807) is 0 Å². The van der Waals surface area contributed by atoms with Crippen molar-refractivity contribution in [3.63, 3.8) is 0 Å². The number of carboxylic acid groups (broad SMARTS) is 1. The molecule has 0 amide bonds. The van der Waals surface area contributed by atoms with E-state index in [4.69, 9.17) is 0 Å². The molecule has 2 atom stereocenters. The highest BCUT2D eigenvalue weighted by Gasteiger charge is 2.36. The van der Waals surface area contributed by atoms with E-state index in [9.17, 15) is 23.1 Å². The van der Waals surface area contributed by atoms with Crippen LogP contribution in [0.25, 0.3) is 0 Å². The minimum absolute atomic E-state index is 0.399. The molecule has 1 N–H and O–H groups in total. The fourth-order valence-electron chi connectivity index (χ4n) is 3.99. The predicted molar refractivity (Wildman–Crippen MR) is 101 cm³/mol. The van der Waals surface area contributed by atoms with Crippen LogP contribution in [-0.4, -0.2) is 28.6 Å². The lowest BCUT2D eigenvalue weighted by Crippen LogP contribution is -2.47. The number of hydrogen-bond donors (Lipinski definition) is 1. The Balaban J connectivity index is 2.11. The Morgan fingerprint density at radius 2 is 1.79 bits per heavy atom. The SMILES string of the molecule is Cc1ccc(C)c(C(c2ccc(C(F)(F)F)cc2)N2CCCCC2C(=O)O)c1. The molecule has 3 nitrogen and oxygen atoms in total. The maximum atomic E-state index is 13.0. The summed E-state index contributed by atoms with van der Waals surface area (Å²) in [4.78, 5) is 13.8. The second kappa shape index (κ2) is 7.95. The highest BCUT2D eigenvalue weighted by atomic mass is 19.4. The Morgan fingerprint density at radius 1 is 1.11 bits per heavy atom. The van der Waals surface area contributed by atoms with E-state index >= 15 is 0 Å². The number of aryl methyl sites for hydroxylation is 2. The van der Waals surface area contributed by atoms with Crippen molar-refractivity contribution in [2.45, 2.75) is 51.4 Å². The largest absolute Gasteiger partial charge is 0.480 e. The molecular weight excluding hydrogens is 367 g/mol. The van der Waals surface area contributed by atoms with Crippen molar-refractivity contribution in [2.24, 2.45) is 0 Å². The fourth-order valence-corrected chi connectivity index (χ4v) is 3.99. The van der Waals surface area contributed by atoms with Gasteiger partial charge in [0.05, 0.1) is 11.6 Å². The first-order valence-corrected chi connectivity index (χ1v) is 9.41. The van der Waals surface area contributed by atoms with Gasteiger partial charge in [0.1, 0.15) is 6.04 Å². The van der Waals surface area contributed by atoms with Gasteiger partial charge < -0.3 is 5.11 Å². The highest BCUT2D eigenvalue weighted by Crippen LogP contribution is 2.37. The van der Waals surface area contributed by atoms with Gasteiger partial charge in [-0.1, -0.05) is 42.3 Å². The molecule has 2 aromatic rings. The number of carboxylic acids is 1. The van der Waals surface area contributed by atoms with E-state index in [0.717, 1.165) is 41.7 Å². The summed E-state index contributed by atoms with van der Waals surface area (Å²) in [5.41, 5.74) is 2.93. The number of aliphatic carboxylic acids is 1. The number of alkyl halides is 3. The van der Waals surface area contributed by atoms with Gasteiger partial charge in [-0.05, 0) is 62.1 Å². The summed E-state index contributed by atoms with van der Waals surface area (Å²) in [6.45, 7) is 4.50. The third kappa shape index (κ3) is 4.22. The minimum atomic E-state index is -4.40. The standard InChI is InChI=1S/C22H24F3NO2/c1-14-6-7-15(2)18(13-14)20(26-12-4-3-5-19(26)21(27)28)16-8-10-17(11-9-16)22(23,24)25/h6-11,13,19-20H,3-5,12H2,1-2H3,(H,27,28). The van der Waals surface area contributed by atoms with E-state index in [-0.39, 0.29) is 0 Å². The first kappa shape index (κ1) is 20.4. The van der Waals surface area contributed by atoms with Gasteiger partial charge in [0.2, 0.25) is 0 Å². The second-order valence-electron chi connectivity index (χ2n) is 7.47. The van der Waals surface area contributed by atoms with Gasteiger partial charge in [0.25, 0.3) is 0 Å². The summed E-state index contributed by atoms with van der Waals surface area (Å²) in [5.74, 6) is -0.887. The summed E-state index contributed by atoms with van der Waals surface area (Å²) in [6.07, 6.45) is -2.16. The van der Waals surface area contributed by atoms with Crippen LogP contribution in [0.2, 0.25) is 0 Å². The van der Waals surface area contributed by atoms with Crippen LogP contribution in [-0.2, 0) is 11.0 Å². The molecule has 150 valence electrons. The molecule has 0 radical (unpaired) electrons. The second-order valence-corrected chi connectivity index (χ2v) is 7.47. The van der Waals surface area contributed by atoms with Crippen LogP contribution in [0.15, 0.2) is 42.5 Å². The molecule has 6 heteroatoms. The summed E-state index contributed by atoms with van der Waals surface area (Å²) in [7, 11) is 0. The number of hydrogen-bond acceptors (Lipinski definition) is 2. The molecule has 0 aliphatic carbocycles. The maximum Gasteiger partial charge on any atom is 0.416 e. The Hall–Kier alpha value is -2.34. The van der Waals surface area contributed by atoms with Crippen molar-refractivity contribution >= 4 is 5.97 Å². The van der Waals surface area contributed by atoms with Crippen LogP contribution in [0.3, 0.4) is 0 Å². The number of halogens is 3. The molecule has 28 heavy (non-hydrogen) atoms. The Kier molecular flexibility index (Phi) is 5.79. The van der Waals surface area contributed by atoms with Gasteiger partial charge in [0.15, 0.2) is 0 Å². The third-order valence-corrected chi connectivity index (χ3v) is 5.44. The summed E-state index contributed by atoms with van der Waals surface area (Å²) >= 11 is 0. The van der Waals surface area contributed by atoms with Crippen LogP contribution in [0.1, 0.15) is 53.1 Å². The molecule has 0 bridgehead atoms. The number of likely N-dealkylation sites (tertiary alicyclic amines) is 1. The van der Waals surface area contributed by atoms with Crippen LogP contribution in [0, 0.1) is 13.8 Å². The summed E-state index contributed by atoms with van der Waals surface area (Å²) < 4.78 is 39.0. The number of nitrogens with zero attached hydrogens (tertiary/aromatic N) is 1. The molecule has 1 saturated heterocycles. The topological polar surface area (TPSA) is 40.5 Å². The van der Waals surface area contributed by atoms with Crippen molar-refractivity contribution in [3.8, 4) is 0 Å². The zero-order valence-corrected chi connectivity index (χ0v) is 16.0. The lowest BCUT2D eigenvalue weighted by Gasteiger charge is -2.40. The molecule has 2 aromatic carbocycles. The first-order valence-electron chi connectivity index (χ1n) is 9.41. The van der Waals surface area contributed by atoms with Crippen LogP contribution >= 0.6 is 0 Å². The van der Waals surface area contributed by atoms with Crippen molar-refractivity contribution in [3.05, 3.63) is 70.3 Å². The van der Waals surface area contributed by atoms with Gasteiger partial charge >= 0.3 is 12.1 Å². The molecule has 0 aromatic heterocycles. The van der Waals surface area contributed by atoms with E-state index in [1.165, 1.54) is 12.1 Å². The molecule has 1 heterocycles. The van der Waals surface area contributed by atoms with Crippen molar-refractivity contribution < 1.29 is 23.1 Å². The molecule has 1 aliphatic rings. The Labute approximate surface area is 162 Å². The molecule has 3 rings (SSSR count). The molecule has 2 unspecified atom stereocenters. The fraction of sp³-hybridized carbons (Fsp3) is 0.409. The normalized spacial score (nSPS) is 19.4. The average Bonchev–Trinajstić information content (AvgIpc) is 2.65. The zero-order chi connectivity index (χ0) is 20.5. The van der Waals surface area contributed by atoms with E-state index < -0.39 is 29.8 Å². The lowest BCUT2D eigenvalue weighted by molar-refractivity contribution is -0.145. The first-order chi connectivity index (χ1) is 13.2. The van der Waals surface area contributed by atoms with E-state index in [0.29, 0.717) is 18.5 Å². The van der Waals surface area contributed by atoms with Crippen molar-refractivity contribution in [1.82, 2.24) is 4.90 Å². The zero-order valence-electron chi connectivity index (χ0n) is 16.0. The number of piperidine rings is 1. The summed E-state index contributed by atoms with van der Waals surface area (Å²) in [6, 6.07) is 10.0. The monoisotopic (exact) mass is 391 g/mol. The van der Waals surface area contributed by atoms with Gasteiger partial charge in [-0.2, -0.15) is 13.2 Å². The smallest absolute Gasteiger partial charge is 0.416 e. The number of carbonyl (C=O) groups is 1. The average molecular weight is 391 g/mol. The Morgan fingerprint density at radius 3 is 2.39 bits per heavy atom. The van der Waals surface area contributed by atoms with Gasteiger partial charge in [-0.25, -0.2) is 0 Å². The van der Waals surface area contributed by atoms with Crippen LogP contribution < -0.4 is 0 Å². The minimum Gasteiger partial charge on any atom is -0.480 e. The molecule has 0 saturated carbocycles. The van der Waals surface area contributed by atoms with Crippen molar-refractivity contribution in [1.29, 1.82) is 0 Å². The van der Waals surface area contributed by atoms with Gasteiger partial charge in [0, 0.05) is 0 Å². The lowest BCUT2D eigenvalue weighted by atomic mass is 9.88. The van der Waals surface area contributed by atoms with E-state index in [2.05, 4.69) is 0 Å².